The summed E-state index contributed by atoms with van der Waals surface area (Å²) >= 11 is 6.70. The summed E-state index contributed by atoms with van der Waals surface area (Å²) in [6.07, 6.45) is 4.98. The number of benzene rings is 2. The van der Waals surface area contributed by atoms with E-state index in [9.17, 15) is 0 Å². The molecule has 2 aromatic carbocycles. The minimum Gasteiger partial charge on any atom is -0.361 e. The standard InChI is InChI=1S/C24H28ClN3/c1-18(2)12-19-8-7-11-23(13-19)27-15-21-17-28(3)16-20(24(21)25)14-26-22-9-5-4-6-10-22/h4-11,13-15,18,27H,12,16-17H2,1-3H3/b21-15+,26-14?. The fourth-order valence-electron chi connectivity index (χ4n) is 3.29. The Bertz CT molecular complexity index is 882. The summed E-state index contributed by atoms with van der Waals surface area (Å²) in [5.41, 5.74) is 5.46. The fourth-order valence-corrected chi connectivity index (χ4v) is 3.51. The summed E-state index contributed by atoms with van der Waals surface area (Å²) < 4.78 is 0. The topological polar surface area (TPSA) is 27.6 Å². The van der Waals surface area contributed by atoms with Crippen LogP contribution in [0.5, 0.6) is 0 Å². The summed E-state index contributed by atoms with van der Waals surface area (Å²) in [4.78, 5) is 6.80. The molecule has 0 bridgehead atoms. The Labute approximate surface area is 173 Å². The van der Waals surface area contributed by atoms with Crippen molar-refractivity contribution in [3.05, 3.63) is 82.5 Å². The smallest absolute Gasteiger partial charge is 0.0629 e. The van der Waals surface area contributed by atoms with Gasteiger partial charge in [-0.1, -0.05) is 55.8 Å². The van der Waals surface area contributed by atoms with Crippen LogP contribution in [0.4, 0.5) is 11.4 Å². The van der Waals surface area contributed by atoms with Gasteiger partial charge < -0.3 is 5.32 Å². The number of nitrogens with zero attached hydrogens (tertiary/aromatic N) is 2. The van der Waals surface area contributed by atoms with Crippen LogP contribution in [-0.4, -0.2) is 31.3 Å². The molecule has 0 saturated heterocycles. The zero-order valence-electron chi connectivity index (χ0n) is 16.8. The molecule has 4 heteroatoms. The molecule has 1 N–H and O–H groups in total. The van der Waals surface area contributed by atoms with Crippen LogP contribution in [0.15, 0.2) is 82.0 Å². The summed E-state index contributed by atoms with van der Waals surface area (Å²) in [5, 5.41) is 4.20. The molecule has 3 nitrogen and oxygen atoms in total. The highest BCUT2D eigenvalue weighted by molar-refractivity contribution is 6.34. The minimum absolute atomic E-state index is 0.643. The lowest BCUT2D eigenvalue weighted by Crippen LogP contribution is -2.29. The maximum absolute atomic E-state index is 6.70. The normalized spacial score (nSPS) is 17.1. The van der Waals surface area contributed by atoms with E-state index in [4.69, 9.17) is 11.6 Å². The number of halogens is 1. The SMILES string of the molecule is CC(C)Cc1cccc(N/C=C2\CN(C)CC(C=Nc3ccccc3)=C2Cl)c1. The van der Waals surface area contributed by atoms with E-state index in [1.54, 1.807) is 0 Å². The largest absolute Gasteiger partial charge is 0.361 e. The maximum Gasteiger partial charge on any atom is 0.0629 e. The lowest BCUT2D eigenvalue weighted by atomic mass is 10.0. The first-order valence-electron chi connectivity index (χ1n) is 9.72. The average molecular weight is 394 g/mol. The van der Waals surface area contributed by atoms with Gasteiger partial charge in [0.2, 0.25) is 0 Å². The Hall–Kier alpha value is -2.36. The number of rotatable bonds is 6. The van der Waals surface area contributed by atoms with Gasteiger partial charge in [0.05, 0.1) is 10.7 Å². The molecule has 0 saturated carbocycles. The second kappa shape index (κ2) is 9.72. The number of nitrogens with one attached hydrogen (secondary N) is 1. The van der Waals surface area contributed by atoms with Gasteiger partial charge in [0, 0.05) is 42.3 Å². The number of aliphatic imine (C=N–C) groups is 1. The zero-order valence-corrected chi connectivity index (χ0v) is 17.6. The Kier molecular flexibility index (Phi) is 7.07. The van der Waals surface area contributed by atoms with Crippen molar-refractivity contribution in [3.63, 3.8) is 0 Å². The molecule has 0 aromatic heterocycles. The van der Waals surface area contributed by atoms with Crippen molar-refractivity contribution >= 4 is 29.2 Å². The van der Waals surface area contributed by atoms with Crippen molar-refractivity contribution in [2.24, 2.45) is 10.9 Å². The van der Waals surface area contributed by atoms with Crippen molar-refractivity contribution in [1.29, 1.82) is 0 Å². The van der Waals surface area contributed by atoms with E-state index in [1.807, 2.05) is 42.7 Å². The molecule has 1 aliphatic heterocycles. The number of hydrogen-bond acceptors (Lipinski definition) is 3. The van der Waals surface area contributed by atoms with E-state index in [-0.39, 0.29) is 0 Å². The van der Waals surface area contributed by atoms with Crippen LogP contribution in [0.1, 0.15) is 19.4 Å². The number of para-hydroxylation sites is 1. The molecule has 2 aromatic rings. The molecule has 3 rings (SSSR count). The van der Waals surface area contributed by atoms with Crippen LogP contribution in [-0.2, 0) is 6.42 Å². The van der Waals surface area contributed by atoms with Crippen LogP contribution in [0.3, 0.4) is 0 Å². The van der Waals surface area contributed by atoms with Gasteiger partial charge in [0.25, 0.3) is 0 Å². The van der Waals surface area contributed by atoms with Gasteiger partial charge in [-0.15, -0.1) is 0 Å². The lowest BCUT2D eigenvalue weighted by Gasteiger charge is -2.26. The predicted molar refractivity (Wildman–Crippen MR) is 122 cm³/mol. The zero-order chi connectivity index (χ0) is 19.9. The Morgan fingerprint density at radius 3 is 2.64 bits per heavy atom. The van der Waals surface area contributed by atoms with Gasteiger partial charge in [-0.3, -0.25) is 9.89 Å². The molecule has 0 atom stereocenters. The van der Waals surface area contributed by atoms with Crippen molar-refractivity contribution < 1.29 is 0 Å². The second-order valence-corrected chi connectivity index (χ2v) is 8.10. The predicted octanol–water partition coefficient (Wildman–Crippen LogP) is 6.02. The molecule has 1 aliphatic rings. The van der Waals surface area contributed by atoms with E-state index in [0.29, 0.717) is 5.92 Å². The van der Waals surface area contributed by atoms with E-state index in [1.165, 1.54) is 5.56 Å². The van der Waals surface area contributed by atoms with E-state index in [0.717, 1.165) is 47.1 Å². The van der Waals surface area contributed by atoms with E-state index in [2.05, 4.69) is 60.4 Å². The van der Waals surface area contributed by atoms with Crippen molar-refractivity contribution in [2.75, 3.05) is 25.5 Å². The Balaban J connectivity index is 1.77. The van der Waals surface area contributed by atoms with Gasteiger partial charge in [0.1, 0.15) is 0 Å². The van der Waals surface area contributed by atoms with Crippen LogP contribution in [0.25, 0.3) is 0 Å². The summed E-state index contributed by atoms with van der Waals surface area (Å²) in [5.74, 6) is 0.643. The average Bonchev–Trinajstić information content (AvgIpc) is 2.68. The number of likely N-dealkylation sites (N-methyl/N-ethyl adjacent to an activating group) is 1. The van der Waals surface area contributed by atoms with Gasteiger partial charge in [0.15, 0.2) is 0 Å². The highest BCUT2D eigenvalue weighted by Gasteiger charge is 2.18. The molecule has 1 heterocycles. The molecule has 0 spiro atoms. The summed E-state index contributed by atoms with van der Waals surface area (Å²) in [6.45, 7) is 6.07. The Morgan fingerprint density at radius 1 is 1.11 bits per heavy atom. The molecule has 0 amide bonds. The molecule has 0 unspecified atom stereocenters. The summed E-state index contributed by atoms with van der Waals surface area (Å²) in [6, 6.07) is 18.5. The first kappa shape index (κ1) is 20.4. The van der Waals surface area contributed by atoms with Crippen LogP contribution in [0.2, 0.25) is 0 Å². The van der Waals surface area contributed by atoms with Gasteiger partial charge >= 0.3 is 0 Å². The highest BCUT2D eigenvalue weighted by atomic mass is 35.5. The van der Waals surface area contributed by atoms with Crippen LogP contribution in [0, 0.1) is 5.92 Å². The molecular weight excluding hydrogens is 366 g/mol. The quantitative estimate of drug-likeness (QED) is 0.607. The first-order chi connectivity index (χ1) is 13.5. The van der Waals surface area contributed by atoms with Gasteiger partial charge in [-0.2, -0.15) is 0 Å². The molecule has 0 fully saturated rings. The number of hydrogen-bond donors (Lipinski definition) is 1. The lowest BCUT2D eigenvalue weighted by molar-refractivity contribution is 0.391. The van der Waals surface area contributed by atoms with Crippen molar-refractivity contribution in [1.82, 2.24) is 4.90 Å². The monoisotopic (exact) mass is 393 g/mol. The third kappa shape index (κ3) is 5.82. The van der Waals surface area contributed by atoms with Crippen LogP contribution < -0.4 is 5.32 Å². The fraction of sp³-hybridized carbons (Fsp3) is 0.292. The van der Waals surface area contributed by atoms with Gasteiger partial charge in [-0.25, -0.2) is 0 Å². The number of anilines is 1. The third-order valence-electron chi connectivity index (χ3n) is 4.55. The molecule has 28 heavy (non-hydrogen) atoms. The first-order valence-corrected chi connectivity index (χ1v) is 10.1. The van der Waals surface area contributed by atoms with E-state index < -0.39 is 0 Å². The van der Waals surface area contributed by atoms with Crippen molar-refractivity contribution in [2.45, 2.75) is 20.3 Å². The maximum atomic E-state index is 6.70. The summed E-state index contributed by atoms with van der Waals surface area (Å²) in [7, 11) is 2.09. The second-order valence-electron chi connectivity index (χ2n) is 7.72. The van der Waals surface area contributed by atoms with E-state index >= 15 is 0 Å². The molecular formula is C24H28ClN3. The molecule has 0 aliphatic carbocycles. The van der Waals surface area contributed by atoms with Crippen molar-refractivity contribution in [3.8, 4) is 0 Å². The minimum atomic E-state index is 0.643. The third-order valence-corrected chi connectivity index (χ3v) is 5.04. The Morgan fingerprint density at radius 2 is 1.89 bits per heavy atom. The highest BCUT2D eigenvalue weighted by Crippen LogP contribution is 2.26. The van der Waals surface area contributed by atoms with Crippen LogP contribution >= 0.6 is 11.6 Å². The molecule has 0 radical (unpaired) electrons. The van der Waals surface area contributed by atoms with Gasteiger partial charge in [-0.05, 0) is 49.2 Å². The molecule has 146 valence electrons.